The Morgan fingerprint density at radius 3 is 2.88 bits per heavy atom. The highest BCUT2D eigenvalue weighted by Crippen LogP contribution is 2.12. The lowest BCUT2D eigenvalue weighted by Crippen LogP contribution is -2.13. The van der Waals surface area contributed by atoms with Gasteiger partial charge in [0, 0.05) is 18.9 Å². The average Bonchev–Trinajstić information content (AvgIpc) is 3.01. The van der Waals surface area contributed by atoms with E-state index in [0.717, 1.165) is 11.6 Å². The van der Waals surface area contributed by atoms with E-state index in [4.69, 9.17) is 5.11 Å². The van der Waals surface area contributed by atoms with Gasteiger partial charge in [-0.1, -0.05) is 29.8 Å². The summed E-state index contributed by atoms with van der Waals surface area (Å²) in [6, 6.07) is 9.15. The van der Waals surface area contributed by atoms with Crippen LogP contribution in [0.25, 0.3) is 0 Å². The summed E-state index contributed by atoms with van der Waals surface area (Å²) in [5, 5.41) is 11.5. The van der Waals surface area contributed by atoms with Gasteiger partial charge in [-0.3, -0.25) is 9.78 Å². The number of nitrogens with one attached hydrogen (secondary N) is 1. The second-order valence-electron chi connectivity index (χ2n) is 5.69. The number of pyridine rings is 1. The van der Waals surface area contributed by atoms with Crippen LogP contribution in [0.4, 0.5) is 10.2 Å². The summed E-state index contributed by atoms with van der Waals surface area (Å²) in [5.74, 6) is -0.874. The Kier molecular flexibility index (Phi) is 4.85. The molecular weight excluding hydrogens is 323 g/mol. The molecule has 2 N–H and O–H groups in total. The molecule has 0 fully saturated rings. The average molecular weight is 340 g/mol. The topological polar surface area (TPSA) is 80.0 Å². The van der Waals surface area contributed by atoms with Crippen LogP contribution in [0.2, 0.25) is 0 Å². The van der Waals surface area contributed by atoms with E-state index >= 15 is 0 Å². The highest BCUT2D eigenvalue weighted by molar-refractivity contribution is 6.03. The van der Waals surface area contributed by atoms with Crippen molar-refractivity contribution in [2.24, 2.45) is 0 Å². The highest BCUT2D eigenvalue weighted by Gasteiger charge is 2.12. The van der Waals surface area contributed by atoms with Gasteiger partial charge in [0.1, 0.15) is 11.5 Å². The van der Waals surface area contributed by atoms with Gasteiger partial charge in [-0.25, -0.2) is 9.37 Å². The number of carbonyl (C=O) groups excluding carboxylic acids is 1. The Morgan fingerprint density at radius 2 is 2.16 bits per heavy atom. The quantitative estimate of drug-likeness (QED) is 0.748. The first-order valence-corrected chi connectivity index (χ1v) is 7.69. The zero-order valence-corrected chi connectivity index (χ0v) is 13.6. The van der Waals surface area contributed by atoms with Crippen LogP contribution in [0.3, 0.4) is 0 Å². The van der Waals surface area contributed by atoms with Gasteiger partial charge < -0.3 is 15.0 Å². The van der Waals surface area contributed by atoms with E-state index in [1.165, 1.54) is 11.8 Å². The summed E-state index contributed by atoms with van der Waals surface area (Å²) in [5.41, 5.74) is 2.26. The van der Waals surface area contributed by atoms with Gasteiger partial charge in [0.2, 0.25) is 0 Å². The molecule has 2 aromatic heterocycles. The second kappa shape index (κ2) is 7.23. The summed E-state index contributed by atoms with van der Waals surface area (Å²) < 4.78 is 15.5. The van der Waals surface area contributed by atoms with Crippen molar-refractivity contribution in [3.63, 3.8) is 0 Å². The Hall–Kier alpha value is -3.06. The zero-order chi connectivity index (χ0) is 17.8. The minimum Gasteiger partial charge on any atom is -0.390 e. The first-order valence-electron chi connectivity index (χ1n) is 7.69. The minimum atomic E-state index is -0.722. The number of nitrogens with zero attached hydrogens (tertiary/aromatic N) is 3. The van der Waals surface area contributed by atoms with Gasteiger partial charge in [0.05, 0.1) is 18.5 Å². The van der Waals surface area contributed by atoms with E-state index < -0.39 is 18.3 Å². The molecule has 0 bridgehead atoms. The molecule has 6 nitrogen and oxygen atoms in total. The lowest BCUT2D eigenvalue weighted by Gasteiger charge is -2.04. The smallest absolute Gasteiger partial charge is 0.258 e. The Morgan fingerprint density at radius 1 is 1.32 bits per heavy atom. The fraction of sp³-hybridized carbons (Fsp3) is 0.167. The normalized spacial score (nSPS) is 10.7. The molecule has 25 heavy (non-hydrogen) atoms. The summed E-state index contributed by atoms with van der Waals surface area (Å²) >= 11 is 0. The SMILES string of the molecule is Cc1cccc(Cn2cnc(NC(=O)c3cnc(CO)c(F)c3)c2)c1. The van der Waals surface area contributed by atoms with Crippen molar-refractivity contribution in [1.82, 2.24) is 14.5 Å². The first kappa shape index (κ1) is 16.8. The highest BCUT2D eigenvalue weighted by atomic mass is 19.1. The maximum Gasteiger partial charge on any atom is 0.258 e. The van der Waals surface area contributed by atoms with Crippen LogP contribution in [0.15, 0.2) is 49.1 Å². The number of aliphatic hydroxyl groups is 1. The number of rotatable bonds is 5. The molecule has 7 heteroatoms. The third-order valence-electron chi connectivity index (χ3n) is 3.65. The number of hydrogen-bond donors (Lipinski definition) is 2. The number of benzene rings is 1. The van der Waals surface area contributed by atoms with Crippen molar-refractivity contribution < 1.29 is 14.3 Å². The number of hydrogen-bond acceptors (Lipinski definition) is 4. The summed E-state index contributed by atoms with van der Waals surface area (Å²) in [6.45, 7) is 2.14. The monoisotopic (exact) mass is 340 g/mol. The Balaban J connectivity index is 1.68. The van der Waals surface area contributed by atoms with Gasteiger partial charge in [-0.2, -0.15) is 0 Å². The van der Waals surface area contributed by atoms with Crippen LogP contribution < -0.4 is 5.32 Å². The van der Waals surface area contributed by atoms with Crippen LogP contribution in [0.1, 0.15) is 27.2 Å². The molecule has 3 rings (SSSR count). The Labute approximate surface area is 144 Å². The summed E-state index contributed by atoms with van der Waals surface area (Å²) in [6.07, 6.45) is 4.53. The van der Waals surface area contributed by atoms with Crippen LogP contribution in [-0.2, 0) is 13.2 Å². The molecule has 0 radical (unpaired) electrons. The summed E-state index contributed by atoms with van der Waals surface area (Å²) in [4.78, 5) is 20.0. The number of aliphatic hydroxyl groups excluding tert-OH is 1. The number of amides is 1. The molecule has 128 valence electrons. The predicted molar refractivity (Wildman–Crippen MR) is 90.6 cm³/mol. The van der Waals surface area contributed by atoms with Gasteiger partial charge in [0.15, 0.2) is 5.82 Å². The number of carbonyl (C=O) groups is 1. The summed E-state index contributed by atoms with van der Waals surface area (Å²) in [7, 11) is 0. The van der Waals surface area contributed by atoms with Crippen LogP contribution in [-0.4, -0.2) is 25.5 Å². The molecule has 0 aliphatic rings. The number of imidazole rings is 1. The molecule has 0 saturated heterocycles. The molecular formula is C18H17FN4O2. The molecule has 0 atom stereocenters. The fourth-order valence-electron chi connectivity index (χ4n) is 2.43. The molecule has 1 aromatic carbocycles. The Bertz CT molecular complexity index is 908. The van der Waals surface area contributed by atoms with E-state index in [-0.39, 0.29) is 11.3 Å². The maximum atomic E-state index is 13.6. The molecule has 2 heterocycles. The minimum absolute atomic E-state index is 0.0583. The lowest BCUT2D eigenvalue weighted by atomic mass is 10.1. The van der Waals surface area contributed by atoms with E-state index in [2.05, 4.69) is 21.4 Å². The van der Waals surface area contributed by atoms with Gasteiger partial charge >= 0.3 is 0 Å². The first-order chi connectivity index (χ1) is 12.0. The molecule has 0 aliphatic carbocycles. The molecule has 0 unspecified atom stereocenters. The zero-order valence-electron chi connectivity index (χ0n) is 13.6. The largest absolute Gasteiger partial charge is 0.390 e. The van der Waals surface area contributed by atoms with E-state index in [1.54, 1.807) is 12.5 Å². The number of anilines is 1. The number of aromatic nitrogens is 3. The van der Waals surface area contributed by atoms with E-state index in [0.29, 0.717) is 12.4 Å². The lowest BCUT2D eigenvalue weighted by molar-refractivity contribution is 0.102. The van der Waals surface area contributed by atoms with Crippen molar-refractivity contribution in [3.05, 3.63) is 77.3 Å². The van der Waals surface area contributed by atoms with Crippen molar-refractivity contribution in [2.45, 2.75) is 20.1 Å². The number of aryl methyl sites for hydroxylation is 1. The molecule has 0 saturated carbocycles. The predicted octanol–water partition coefficient (Wildman–Crippen LogP) is 2.52. The fourth-order valence-corrected chi connectivity index (χ4v) is 2.43. The van der Waals surface area contributed by atoms with Crippen molar-refractivity contribution in [2.75, 3.05) is 5.32 Å². The molecule has 0 spiro atoms. The van der Waals surface area contributed by atoms with E-state index in [1.807, 2.05) is 29.7 Å². The molecule has 0 aliphatic heterocycles. The van der Waals surface area contributed by atoms with Crippen LogP contribution >= 0.6 is 0 Å². The maximum absolute atomic E-state index is 13.6. The van der Waals surface area contributed by atoms with Gasteiger partial charge in [-0.05, 0) is 18.6 Å². The van der Waals surface area contributed by atoms with E-state index in [9.17, 15) is 9.18 Å². The van der Waals surface area contributed by atoms with Crippen molar-refractivity contribution in [3.8, 4) is 0 Å². The molecule has 3 aromatic rings. The van der Waals surface area contributed by atoms with Crippen LogP contribution in [0.5, 0.6) is 0 Å². The number of halogens is 1. The third kappa shape index (κ3) is 4.07. The van der Waals surface area contributed by atoms with Gasteiger partial charge in [-0.15, -0.1) is 0 Å². The van der Waals surface area contributed by atoms with Crippen LogP contribution in [0, 0.1) is 12.7 Å². The standard InChI is InChI=1S/C18H17FN4O2/c1-12-3-2-4-13(5-12)8-23-9-17(21-11-23)22-18(25)14-6-15(19)16(10-24)20-7-14/h2-7,9,11,24H,8,10H2,1H3,(H,22,25). The molecule has 1 amide bonds. The third-order valence-corrected chi connectivity index (χ3v) is 3.65. The van der Waals surface area contributed by atoms with Crippen molar-refractivity contribution >= 4 is 11.7 Å². The second-order valence-corrected chi connectivity index (χ2v) is 5.69. The van der Waals surface area contributed by atoms with Gasteiger partial charge in [0.25, 0.3) is 5.91 Å². The van der Waals surface area contributed by atoms with Crippen molar-refractivity contribution in [1.29, 1.82) is 0 Å².